The summed E-state index contributed by atoms with van der Waals surface area (Å²) in [6.07, 6.45) is 1.61. The highest BCUT2D eigenvalue weighted by molar-refractivity contribution is 9.10. The topological polar surface area (TPSA) is 113 Å². The van der Waals surface area contributed by atoms with Crippen molar-refractivity contribution in [2.45, 2.75) is 36.6 Å². The highest BCUT2D eigenvalue weighted by Gasteiger charge is 2.33. The number of methoxy groups -OCH3 is 1. The van der Waals surface area contributed by atoms with Crippen molar-refractivity contribution < 1.29 is 19.2 Å². The van der Waals surface area contributed by atoms with Gasteiger partial charge in [-0.2, -0.15) is 0 Å². The second kappa shape index (κ2) is 12.7. The van der Waals surface area contributed by atoms with E-state index in [4.69, 9.17) is 9.47 Å². The number of nitro groups is 1. The molecule has 9 nitrogen and oxygen atoms in total. The van der Waals surface area contributed by atoms with Gasteiger partial charge in [-0.25, -0.2) is 9.79 Å². The van der Waals surface area contributed by atoms with Crippen molar-refractivity contribution in [2.75, 3.05) is 13.7 Å². The van der Waals surface area contributed by atoms with E-state index in [2.05, 4.69) is 20.9 Å². The quantitative estimate of drug-likeness (QED) is 0.129. The van der Waals surface area contributed by atoms with Gasteiger partial charge >= 0.3 is 5.97 Å². The summed E-state index contributed by atoms with van der Waals surface area (Å²) < 4.78 is 13.2. The van der Waals surface area contributed by atoms with Gasteiger partial charge in [-0.1, -0.05) is 52.9 Å². The fraction of sp³-hybridized carbons (Fsp3) is 0.194. The molecule has 43 heavy (non-hydrogen) atoms. The van der Waals surface area contributed by atoms with Crippen LogP contribution in [-0.2, 0) is 9.53 Å². The number of aromatic nitrogens is 1. The lowest BCUT2D eigenvalue weighted by molar-refractivity contribution is -0.387. The molecule has 0 bridgehead atoms. The Morgan fingerprint density at radius 3 is 2.56 bits per heavy atom. The Morgan fingerprint density at radius 1 is 1.16 bits per heavy atom. The number of fused-ring (bicyclic) bond motifs is 1. The van der Waals surface area contributed by atoms with Crippen LogP contribution in [-0.4, -0.2) is 29.2 Å². The molecule has 5 rings (SSSR count). The zero-order chi connectivity index (χ0) is 30.8. The minimum absolute atomic E-state index is 0.0616. The molecule has 1 aliphatic heterocycles. The highest BCUT2D eigenvalue weighted by atomic mass is 79.9. The van der Waals surface area contributed by atoms with E-state index in [0.717, 1.165) is 21.8 Å². The first-order valence-corrected chi connectivity index (χ1v) is 15.6. The van der Waals surface area contributed by atoms with Gasteiger partial charge in [-0.3, -0.25) is 19.5 Å². The predicted molar refractivity (Wildman–Crippen MR) is 169 cm³/mol. The Hall–Kier alpha value is -4.00. The summed E-state index contributed by atoms with van der Waals surface area (Å²) >= 11 is 5.96. The first kappa shape index (κ1) is 30.5. The molecule has 0 radical (unpaired) electrons. The SMILES string of the molecule is CCOC(=O)C1=C(C)N=c2s/c(=C\c3ccc(Sc4ccc(C)cc4)c([N+](=O)[O-])c3)c(=O)n2[C@H]1c1ccc(OC)c(Br)c1. The summed E-state index contributed by atoms with van der Waals surface area (Å²) in [7, 11) is 1.55. The van der Waals surface area contributed by atoms with E-state index in [9.17, 15) is 19.7 Å². The number of halogens is 1. The molecule has 0 saturated heterocycles. The molecular weight excluding hydrogens is 654 g/mol. The molecule has 0 spiro atoms. The Labute approximate surface area is 263 Å². The largest absolute Gasteiger partial charge is 0.496 e. The number of nitrogens with zero attached hydrogens (tertiary/aromatic N) is 3. The molecule has 1 atom stereocenters. The maximum atomic E-state index is 13.9. The van der Waals surface area contributed by atoms with Gasteiger partial charge in [0.25, 0.3) is 11.2 Å². The molecular formula is C31H26BrN3O6S2. The zero-order valence-electron chi connectivity index (χ0n) is 23.6. The first-order chi connectivity index (χ1) is 20.6. The number of ether oxygens (including phenoxy) is 2. The number of aryl methyl sites for hydroxylation is 1. The van der Waals surface area contributed by atoms with Crippen molar-refractivity contribution in [3.8, 4) is 5.75 Å². The lowest BCUT2D eigenvalue weighted by atomic mass is 9.96. The molecule has 1 aromatic heterocycles. The average molecular weight is 681 g/mol. The molecule has 12 heteroatoms. The van der Waals surface area contributed by atoms with Gasteiger partial charge in [0.1, 0.15) is 5.75 Å². The van der Waals surface area contributed by atoms with Gasteiger partial charge in [0.05, 0.1) is 49.9 Å². The Bertz CT molecular complexity index is 1960. The van der Waals surface area contributed by atoms with Crippen molar-refractivity contribution in [2.24, 2.45) is 4.99 Å². The molecule has 0 fully saturated rings. The van der Waals surface area contributed by atoms with Gasteiger partial charge in [-0.05, 0) is 84.2 Å². The third-order valence-electron chi connectivity index (χ3n) is 6.73. The van der Waals surface area contributed by atoms with Gasteiger partial charge in [0, 0.05) is 11.0 Å². The number of nitro benzene ring substituents is 1. The molecule has 2 heterocycles. The molecule has 0 N–H and O–H groups in total. The van der Waals surface area contributed by atoms with Crippen molar-refractivity contribution in [3.63, 3.8) is 0 Å². The van der Waals surface area contributed by atoms with Gasteiger partial charge in [-0.15, -0.1) is 0 Å². The summed E-state index contributed by atoms with van der Waals surface area (Å²) in [6, 6.07) is 17.2. The number of hydrogen-bond donors (Lipinski definition) is 0. The van der Waals surface area contributed by atoms with Crippen LogP contribution < -0.4 is 19.6 Å². The molecule has 3 aromatic carbocycles. The van der Waals surface area contributed by atoms with E-state index in [-0.39, 0.29) is 23.4 Å². The molecule has 1 aliphatic rings. The Morgan fingerprint density at radius 2 is 1.91 bits per heavy atom. The second-order valence-electron chi connectivity index (χ2n) is 9.60. The van der Waals surface area contributed by atoms with E-state index >= 15 is 0 Å². The van der Waals surface area contributed by atoms with Crippen molar-refractivity contribution in [1.82, 2.24) is 4.57 Å². The van der Waals surface area contributed by atoms with E-state index in [1.807, 2.05) is 31.2 Å². The van der Waals surface area contributed by atoms with Gasteiger partial charge in [0.2, 0.25) is 0 Å². The van der Waals surface area contributed by atoms with Crippen molar-refractivity contribution in [3.05, 3.63) is 123 Å². The number of carbonyl (C=O) groups excluding carboxylic acids is 1. The van der Waals surface area contributed by atoms with Gasteiger partial charge in [0.15, 0.2) is 4.80 Å². The molecule has 4 aromatic rings. The van der Waals surface area contributed by atoms with Crippen LogP contribution in [0.5, 0.6) is 5.75 Å². The smallest absolute Gasteiger partial charge is 0.338 e. The summed E-state index contributed by atoms with van der Waals surface area (Å²) in [5.74, 6) is 0.0346. The number of thiazole rings is 1. The van der Waals surface area contributed by atoms with Crippen LogP contribution in [0.25, 0.3) is 6.08 Å². The highest BCUT2D eigenvalue weighted by Crippen LogP contribution is 2.36. The van der Waals surface area contributed by atoms with Crippen LogP contribution in [0.3, 0.4) is 0 Å². The maximum absolute atomic E-state index is 13.9. The van der Waals surface area contributed by atoms with E-state index in [0.29, 0.717) is 41.3 Å². The van der Waals surface area contributed by atoms with Crippen LogP contribution in [0, 0.1) is 17.0 Å². The minimum Gasteiger partial charge on any atom is -0.496 e. The van der Waals surface area contributed by atoms with Crippen LogP contribution in [0.2, 0.25) is 0 Å². The summed E-state index contributed by atoms with van der Waals surface area (Å²) in [4.78, 5) is 45.0. The predicted octanol–water partition coefficient (Wildman–Crippen LogP) is 5.94. The van der Waals surface area contributed by atoms with Crippen LogP contribution in [0.4, 0.5) is 5.69 Å². The fourth-order valence-corrected chi connectivity index (χ4v) is 7.20. The number of benzene rings is 3. The molecule has 0 saturated carbocycles. The monoisotopic (exact) mass is 679 g/mol. The maximum Gasteiger partial charge on any atom is 0.338 e. The number of carbonyl (C=O) groups is 1. The average Bonchev–Trinajstić information content (AvgIpc) is 3.28. The van der Waals surface area contributed by atoms with E-state index in [1.54, 1.807) is 57.4 Å². The lowest BCUT2D eigenvalue weighted by Crippen LogP contribution is -2.40. The summed E-state index contributed by atoms with van der Waals surface area (Å²) in [5, 5.41) is 12.0. The van der Waals surface area contributed by atoms with Crippen LogP contribution >= 0.6 is 39.0 Å². The summed E-state index contributed by atoms with van der Waals surface area (Å²) in [6.45, 7) is 5.57. The number of rotatable bonds is 8. The molecule has 0 unspecified atom stereocenters. The minimum atomic E-state index is -0.803. The molecule has 0 amide bonds. The van der Waals surface area contributed by atoms with Crippen LogP contribution in [0.1, 0.15) is 36.6 Å². The molecule has 0 aliphatic carbocycles. The Balaban J connectivity index is 1.62. The standard InChI is InChI=1S/C31H26BrN3O6S2/c1-5-41-30(37)27-18(3)33-31-34(28(27)20-9-12-24(40-4)22(32)16-20)29(36)26(43-31)15-19-8-13-25(23(14-19)35(38)39)42-21-10-6-17(2)7-11-21/h6-16,28H,5H2,1-4H3/b26-15-/t28-/m0/s1. The normalized spacial score (nSPS) is 14.7. The second-order valence-corrected chi connectivity index (χ2v) is 12.6. The number of hydrogen-bond acceptors (Lipinski definition) is 9. The van der Waals surface area contributed by atoms with Crippen LogP contribution in [0.15, 0.2) is 96.0 Å². The molecule has 220 valence electrons. The fourth-order valence-electron chi connectivity index (χ4n) is 4.70. The van der Waals surface area contributed by atoms with E-state index in [1.165, 1.54) is 22.4 Å². The van der Waals surface area contributed by atoms with Crippen molar-refractivity contribution >= 4 is 56.8 Å². The number of allylic oxidation sites excluding steroid dienone is 1. The summed E-state index contributed by atoms with van der Waals surface area (Å²) in [5.41, 5.74) is 2.51. The lowest BCUT2D eigenvalue weighted by Gasteiger charge is -2.25. The van der Waals surface area contributed by atoms with Crippen molar-refractivity contribution in [1.29, 1.82) is 0 Å². The van der Waals surface area contributed by atoms with E-state index < -0.39 is 16.9 Å². The number of esters is 1. The van der Waals surface area contributed by atoms with Gasteiger partial charge < -0.3 is 9.47 Å². The third-order valence-corrected chi connectivity index (χ3v) is 9.41. The Kier molecular flexibility index (Phi) is 9.00. The first-order valence-electron chi connectivity index (χ1n) is 13.2. The third kappa shape index (κ3) is 6.22. The zero-order valence-corrected chi connectivity index (χ0v) is 26.8.